The van der Waals surface area contributed by atoms with Crippen LogP contribution < -0.4 is 5.32 Å². The molecule has 4 heteroatoms. The Kier molecular flexibility index (Phi) is 4.87. The molecule has 100 valence electrons. The first kappa shape index (κ1) is 14.0. The second kappa shape index (κ2) is 7.28. The molecule has 1 N–H and O–H groups in total. The van der Waals surface area contributed by atoms with Crippen molar-refractivity contribution in [2.75, 3.05) is 5.32 Å². The van der Waals surface area contributed by atoms with Gasteiger partial charge in [0, 0.05) is 24.3 Å². The number of rotatable bonds is 4. The highest BCUT2D eigenvalue weighted by atomic mass is 14.8. The number of benzene rings is 1. The molecule has 0 fully saturated rings. The Hall–Kier alpha value is -3.37. The van der Waals surface area contributed by atoms with E-state index in [9.17, 15) is 0 Å². The van der Waals surface area contributed by atoms with Gasteiger partial charge < -0.3 is 5.32 Å². The van der Waals surface area contributed by atoms with Crippen LogP contribution in [-0.4, -0.2) is 4.98 Å². The van der Waals surface area contributed by atoms with Crippen molar-refractivity contribution in [3.05, 3.63) is 71.7 Å². The van der Waals surface area contributed by atoms with Crippen molar-refractivity contribution in [2.24, 2.45) is 0 Å². The summed E-state index contributed by atoms with van der Waals surface area (Å²) in [6.45, 7) is 0. The van der Waals surface area contributed by atoms with Crippen LogP contribution in [-0.2, 0) is 0 Å². The number of nitriles is 2. The van der Waals surface area contributed by atoms with Gasteiger partial charge in [-0.25, -0.2) is 0 Å². The van der Waals surface area contributed by atoms with Gasteiger partial charge in [-0.05, 0) is 35.4 Å². The molecule has 0 saturated heterocycles. The van der Waals surface area contributed by atoms with Crippen LogP contribution in [0.5, 0.6) is 0 Å². The first-order chi connectivity index (χ1) is 10.3. The molecular weight excluding hydrogens is 260 g/mol. The van der Waals surface area contributed by atoms with E-state index in [1.807, 2.05) is 48.6 Å². The first-order valence-electron chi connectivity index (χ1n) is 6.27. The van der Waals surface area contributed by atoms with Crippen LogP contribution >= 0.6 is 0 Å². The Labute approximate surface area is 123 Å². The molecule has 2 aromatic rings. The Morgan fingerprint density at radius 2 is 1.48 bits per heavy atom. The highest BCUT2D eigenvalue weighted by Gasteiger charge is 1.93. The Morgan fingerprint density at radius 3 is 2.05 bits per heavy atom. The number of hydrogen-bond acceptors (Lipinski definition) is 4. The summed E-state index contributed by atoms with van der Waals surface area (Å²) in [5, 5.41) is 20.2. The van der Waals surface area contributed by atoms with Crippen molar-refractivity contribution in [3.8, 4) is 12.1 Å². The summed E-state index contributed by atoms with van der Waals surface area (Å²) >= 11 is 0. The minimum atomic E-state index is 0.0386. The van der Waals surface area contributed by atoms with E-state index in [4.69, 9.17) is 10.5 Å². The predicted octanol–water partition coefficient (Wildman–Crippen LogP) is 3.59. The molecule has 0 saturated carbocycles. The number of aromatic nitrogens is 1. The molecule has 0 aliphatic carbocycles. The SMILES string of the molecule is N#CC(C#N)=CNc1ccc(C=Cc2ccncc2)cc1. The molecule has 0 spiro atoms. The molecule has 21 heavy (non-hydrogen) atoms. The highest BCUT2D eigenvalue weighted by Crippen LogP contribution is 2.12. The molecule has 1 aromatic carbocycles. The summed E-state index contributed by atoms with van der Waals surface area (Å²) in [4.78, 5) is 3.97. The molecule has 0 aliphatic rings. The molecular formula is C17H12N4. The van der Waals surface area contributed by atoms with Crippen molar-refractivity contribution < 1.29 is 0 Å². The minimum absolute atomic E-state index is 0.0386. The van der Waals surface area contributed by atoms with Crippen LogP contribution in [0.2, 0.25) is 0 Å². The van der Waals surface area contributed by atoms with Gasteiger partial charge in [-0.15, -0.1) is 0 Å². The molecule has 0 atom stereocenters. The van der Waals surface area contributed by atoms with Gasteiger partial charge >= 0.3 is 0 Å². The molecule has 0 aliphatic heterocycles. The van der Waals surface area contributed by atoms with Crippen molar-refractivity contribution in [3.63, 3.8) is 0 Å². The maximum Gasteiger partial charge on any atom is 0.145 e. The number of nitrogens with one attached hydrogen (secondary N) is 1. The first-order valence-corrected chi connectivity index (χ1v) is 6.27. The Morgan fingerprint density at radius 1 is 0.905 bits per heavy atom. The van der Waals surface area contributed by atoms with E-state index in [0.717, 1.165) is 16.8 Å². The van der Waals surface area contributed by atoms with Crippen LogP contribution in [0, 0.1) is 22.7 Å². The van der Waals surface area contributed by atoms with E-state index in [2.05, 4.69) is 10.3 Å². The van der Waals surface area contributed by atoms with Gasteiger partial charge in [-0.3, -0.25) is 4.98 Å². The van der Waals surface area contributed by atoms with Gasteiger partial charge in [0.25, 0.3) is 0 Å². The molecule has 4 nitrogen and oxygen atoms in total. The van der Waals surface area contributed by atoms with E-state index in [0.29, 0.717) is 0 Å². The number of pyridine rings is 1. The van der Waals surface area contributed by atoms with E-state index < -0.39 is 0 Å². The lowest BCUT2D eigenvalue weighted by molar-refractivity contribution is 1.32. The zero-order chi connectivity index (χ0) is 14.9. The maximum absolute atomic E-state index is 8.63. The lowest BCUT2D eigenvalue weighted by Crippen LogP contribution is -1.89. The minimum Gasteiger partial charge on any atom is -0.360 e. The van der Waals surface area contributed by atoms with Crippen molar-refractivity contribution in [1.82, 2.24) is 4.98 Å². The van der Waals surface area contributed by atoms with Crippen LogP contribution in [0.15, 0.2) is 60.6 Å². The monoisotopic (exact) mass is 272 g/mol. The highest BCUT2D eigenvalue weighted by molar-refractivity contribution is 5.70. The fourth-order valence-electron chi connectivity index (χ4n) is 1.60. The zero-order valence-corrected chi connectivity index (χ0v) is 11.2. The van der Waals surface area contributed by atoms with E-state index in [1.54, 1.807) is 24.5 Å². The van der Waals surface area contributed by atoms with Gasteiger partial charge in [0.05, 0.1) is 0 Å². The topological polar surface area (TPSA) is 72.5 Å². The summed E-state index contributed by atoms with van der Waals surface area (Å²) < 4.78 is 0. The van der Waals surface area contributed by atoms with E-state index in [-0.39, 0.29) is 5.57 Å². The average molecular weight is 272 g/mol. The van der Waals surface area contributed by atoms with Gasteiger partial charge in [0.2, 0.25) is 0 Å². The summed E-state index contributed by atoms with van der Waals surface area (Å²) in [7, 11) is 0. The second-order valence-corrected chi connectivity index (χ2v) is 4.16. The van der Waals surface area contributed by atoms with Crippen LogP contribution in [0.3, 0.4) is 0 Å². The fraction of sp³-hybridized carbons (Fsp3) is 0. The lowest BCUT2D eigenvalue weighted by Gasteiger charge is -2.01. The number of anilines is 1. The second-order valence-electron chi connectivity index (χ2n) is 4.16. The fourth-order valence-corrected chi connectivity index (χ4v) is 1.60. The molecule has 0 amide bonds. The maximum atomic E-state index is 8.63. The zero-order valence-electron chi connectivity index (χ0n) is 11.2. The van der Waals surface area contributed by atoms with Gasteiger partial charge in [0.1, 0.15) is 17.7 Å². The van der Waals surface area contributed by atoms with E-state index in [1.165, 1.54) is 6.20 Å². The van der Waals surface area contributed by atoms with Crippen LogP contribution in [0.1, 0.15) is 11.1 Å². The van der Waals surface area contributed by atoms with Gasteiger partial charge in [-0.1, -0.05) is 24.3 Å². The third-order valence-corrected chi connectivity index (χ3v) is 2.71. The number of allylic oxidation sites excluding steroid dienone is 1. The van der Waals surface area contributed by atoms with Gasteiger partial charge in [0.15, 0.2) is 0 Å². The Balaban J connectivity index is 2.03. The summed E-state index contributed by atoms with van der Waals surface area (Å²) in [5.41, 5.74) is 3.00. The van der Waals surface area contributed by atoms with Crippen LogP contribution in [0.4, 0.5) is 5.69 Å². The Bertz CT molecular complexity index is 713. The summed E-state index contributed by atoms with van der Waals surface area (Å²) in [6.07, 6.45) is 8.90. The molecule has 0 unspecified atom stereocenters. The third kappa shape index (κ3) is 4.34. The predicted molar refractivity (Wildman–Crippen MR) is 82.5 cm³/mol. The molecule has 2 rings (SSSR count). The number of hydrogen-bond donors (Lipinski definition) is 1. The standard InChI is InChI=1S/C17H12N4/c18-11-16(12-19)13-21-17-5-3-14(4-6-17)1-2-15-7-9-20-10-8-15/h1-10,13,21H. The third-order valence-electron chi connectivity index (χ3n) is 2.71. The molecule has 0 bridgehead atoms. The van der Waals surface area contributed by atoms with E-state index >= 15 is 0 Å². The lowest BCUT2D eigenvalue weighted by atomic mass is 10.1. The van der Waals surface area contributed by atoms with Crippen LogP contribution in [0.25, 0.3) is 12.2 Å². The molecule has 1 heterocycles. The van der Waals surface area contributed by atoms with Crippen molar-refractivity contribution in [1.29, 1.82) is 10.5 Å². The normalized spacial score (nSPS) is 9.62. The van der Waals surface area contributed by atoms with Crippen molar-refractivity contribution in [2.45, 2.75) is 0 Å². The molecule has 0 radical (unpaired) electrons. The molecule has 1 aromatic heterocycles. The summed E-state index contributed by atoms with van der Waals surface area (Å²) in [5.74, 6) is 0. The van der Waals surface area contributed by atoms with Gasteiger partial charge in [-0.2, -0.15) is 10.5 Å². The smallest absolute Gasteiger partial charge is 0.145 e. The summed E-state index contributed by atoms with van der Waals surface area (Å²) in [6, 6.07) is 15.1. The largest absolute Gasteiger partial charge is 0.360 e. The number of nitrogens with zero attached hydrogens (tertiary/aromatic N) is 3. The average Bonchev–Trinajstić information content (AvgIpc) is 2.56. The quantitative estimate of drug-likeness (QED) is 0.863. The van der Waals surface area contributed by atoms with Crippen molar-refractivity contribution >= 4 is 17.8 Å².